The monoisotopic (exact) mass is 389 g/mol. The predicted molar refractivity (Wildman–Crippen MR) is 104 cm³/mol. The van der Waals surface area contributed by atoms with Gasteiger partial charge in [-0.3, -0.25) is 9.30 Å². The van der Waals surface area contributed by atoms with Crippen LogP contribution in [0.1, 0.15) is 6.42 Å². The van der Waals surface area contributed by atoms with Crippen molar-refractivity contribution in [2.75, 3.05) is 51.0 Å². The zero-order valence-corrected chi connectivity index (χ0v) is 16.1. The lowest BCUT2D eigenvalue weighted by Crippen LogP contribution is -2.37. The highest BCUT2D eigenvalue weighted by molar-refractivity contribution is 7.90. The standard InChI is InChI=1S/C18H23N5O3S/c1-27(24,25)14-3-4-16-15(13-14)21-17(18-20-6-8-23(16)18)19-5-2-7-22-9-11-26-12-10-22/h3-4,6,8,13H,2,5,7,9-12H2,1H3,(H,19,21). The number of imidazole rings is 1. The minimum absolute atomic E-state index is 0.264. The number of hydrogen-bond acceptors (Lipinski definition) is 7. The molecule has 1 aliphatic rings. The summed E-state index contributed by atoms with van der Waals surface area (Å²) in [5.74, 6) is 0.667. The summed E-state index contributed by atoms with van der Waals surface area (Å²) in [5.41, 5.74) is 2.19. The Morgan fingerprint density at radius 1 is 1.26 bits per heavy atom. The molecule has 0 spiro atoms. The molecule has 8 nitrogen and oxygen atoms in total. The largest absolute Gasteiger partial charge is 0.379 e. The molecular formula is C18H23N5O3S. The third kappa shape index (κ3) is 3.90. The van der Waals surface area contributed by atoms with Gasteiger partial charge in [0.15, 0.2) is 21.3 Å². The number of benzene rings is 1. The maximum Gasteiger partial charge on any atom is 0.180 e. The van der Waals surface area contributed by atoms with Gasteiger partial charge in [-0.15, -0.1) is 0 Å². The number of fused-ring (bicyclic) bond motifs is 3. The average Bonchev–Trinajstić information content (AvgIpc) is 3.15. The molecule has 27 heavy (non-hydrogen) atoms. The number of sulfone groups is 1. The van der Waals surface area contributed by atoms with Gasteiger partial charge >= 0.3 is 0 Å². The Balaban J connectivity index is 1.56. The first-order chi connectivity index (χ1) is 13.0. The van der Waals surface area contributed by atoms with E-state index in [1.165, 1.54) is 6.26 Å². The highest BCUT2D eigenvalue weighted by atomic mass is 32.2. The Kier molecular flexibility index (Phi) is 4.98. The van der Waals surface area contributed by atoms with Crippen molar-refractivity contribution < 1.29 is 13.2 Å². The molecule has 3 heterocycles. The number of aromatic nitrogens is 3. The van der Waals surface area contributed by atoms with Crippen LogP contribution in [0, 0.1) is 0 Å². The Labute approximate surface area is 158 Å². The van der Waals surface area contributed by atoms with Crippen LogP contribution in [-0.4, -0.2) is 73.3 Å². The second kappa shape index (κ2) is 7.41. The van der Waals surface area contributed by atoms with Gasteiger partial charge in [-0.2, -0.15) is 0 Å². The van der Waals surface area contributed by atoms with Gasteiger partial charge in [0, 0.05) is 38.3 Å². The molecule has 4 rings (SSSR count). The van der Waals surface area contributed by atoms with E-state index in [1.54, 1.807) is 24.4 Å². The summed E-state index contributed by atoms with van der Waals surface area (Å²) in [6.45, 7) is 5.34. The van der Waals surface area contributed by atoms with Gasteiger partial charge in [-0.05, 0) is 31.2 Å². The van der Waals surface area contributed by atoms with Gasteiger partial charge < -0.3 is 10.1 Å². The molecule has 144 valence electrons. The normalized spacial score (nSPS) is 16.2. The smallest absolute Gasteiger partial charge is 0.180 e. The topological polar surface area (TPSA) is 88.8 Å². The molecule has 3 aromatic rings. The van der Waals surface area contributed by atoms with Crippen molar-refractivity contribution in [3.8, 4) is 0 Å². The van der Waals surface area contributed by atoms with Crippen LogP contribution >= 0.6 is 0 Å². The Morgan fingerprint density at radius 3 is 2.85 bits per heavy atom. The molecule has 1 aliphatic heterocycles. The van der Waals surface area contributed by atoms with E-state index < -0.39 is 9.84 Å². The van der Waals surface area contributed by atoms with Crippen LogP contribution in [0.15, 0.2) is 35.5 Å². The van der Waals surface area contributed by atoms with Gasteiger partial charge in [-0.1, -0.05) is 0 Å². The summed E-state index contributed by atoms with van der Waals surface area (Å²) in [6, 6.07) is 4.99. The second-order valence-electron chi connectivity index (χ2n) is 6.74. The number of ether oxygens (including phenoxy) is 1. The highest BCUT2D eigenvalue weighted by Gasteiger charge is 2.14. The van der Waals surface area contributed by atoms with Crippen LogP contribution in [0.4, 0.5) is 5.82 Å². The van der Waals surface area contributed by atoms with E-state index in [-0.39, 0.29) is 4.90 Å². The maximum atomic E-state index is 11.9. The van der Waals surface area contributed by atoms with E-state index in [2.05, 4.69) is 20.2 Å². The lowest BCUT2D eigenvalue weighted by molar-refractivity contribution is 0.0378. The fraction of sp³-hybridized carbons (Fsp3) is 0.444. The van der Waals surface area contributed by atoms with Crippen LogP contribution in [0.5, 0.6) is 0 Å². The van der Waals surface area contributed by atoms with Gasteiger partial charge in [-0.25, -0.2) is 18.4 Å². The van der Waals surface area contributed by atoms with Crippen molar-refractivity contribution in [1.82, 2.24) is 19.3 Å². The van der Waals surface area contributed by atoms with Crippen molar-refractivity contribution in [2.24, 2.45) is 0 Å². The van der Waals surface area contributed by atoms with E-state index >= 15 is 0 Å². The average molecular weight is 389 g/mol. The molecule has 2 aromatic heterocycles. The van der Waals surface area contributed by atoms with Crippen molar-refractivity contribution in [3.63, 3.8) is 0 Å². The fourth-order valence-electron chi connectivity index (χ4n) is 3.32. The molecule has 0 unspecified atom stereocenters. The lowest BCUT2D eigenvalue weighted by Gasteiger charge is -2.26. The molecule has 1 aromatic carbocycles. The molecule has 0 amide bonds. The molecule has 1 N–H and O–H groups in total. The van der Waals surface area contributed by atoms with Gasteiger partial charge in [0.05, 0.1) is 29.1 Å². The summed E-state index contributed by atoms with van der Waals surface area (Å²) in [5, 5.41) is 3.36. The number of nitrogens with zero attached hydrogens (tertiary/aromatic N) is 4. The van der Waals surface area contributed by atoms with E-state index in [1.807, 2.05) is 10.6 Å². The summed E-state index contributed by atoms with van der Waals surface area (Å²) < 4.78 is 31.0. The minimum Gasteiger partial charge on any atom is -0.379 e. The van der Waals surface area contributed by atoms with Gasteiger partial charge in [0.25, 0.3) is 0 Å². The predicted octanol–water partition coefficient (Wildman–Crippen LogP) is 1.42. The van der Waals surface area contributed by atoms with Crippen LogP contribution in [0.2, 0.25) is 0 Å². The van der Waals surface area contributed by atoms with Gasteiger partial charge in [0.1, 0.15) is 0 Å². The molecule has 9 heteroatoms. The zero-order valence-electron chi connectivity index (χ0n) is 15.3. The van der Waals surface area contributed by atoms with Crippen LogP contribution in [0.3, 0.4) is 0 Å². The number of morpholine rings is 1. The Morgan fingerprint density at radius 2 is 2.07 bits per heavy atom. The highest BCUT2D eigenvalue weighted by Crippen LogP contribution is 2.23. The van der Waals surface area contributed by atoms with Crippen molar-refractivity contribution in [1.29, 1.82) is 0 Å². The van der Waals surface area contributed by atoms with Crippen LogP contribution < -0.4 is 5.32 Å². The number of rotatable bonds is 6. The first-order valence-electron chi connectivity index (χ1n) is 9.03. The van der Waals surface area contributed by atoms with Crippen molar-refractivity contribution >= 4 is 32.3 Å². The third-order valence-electron chi connectivity index (χ3n) is 4.77. The van der Waals surface area contributed by atoms with E-state index in [0.717, 1.165) is 57.0 Å². The quantitative estimate of drug-likeness (QED) is 0.638. The van der Waals surface area contributed by atoms with E-state index in [4.69, 9.17) is 4.74 Å². The summed E-state index contributed by atoms with van der Waals surface area (Å²) in [7, 11) is -3.28. The molecule has 0 aliphatic carbocycles. The molecule has 0 radical (unpaired) electrons. The van der Waals surface area contributed by atoms with Crippen molar-refractivity contribution in [3.05, 3.63) is 30.6 Å². The van der Waals surface area contributed by atoms with Crippen LogP contribution in [-0.2, 0) is 14.6 Å². The Bertz CT molecular complexity index is 1060. The molecule has 0 saturated carbocycles. The fourth-order valence-corrected chi connectivity index (χ4v) is 3.96. The van der Waals surface area contributed by atoms with E-state index in [9.17, 15) is 8.42 Å². The number of nitrogens with one attached hydrogen (secondary N) is 1. The Hall–Kier alpha value is -2.23. The molecular weight excluding hydrogens is 366 g/mol. The molecule has 1 fully saturated rings. The summed E-state index contributed by atoms with van der Waals surface area (Å²) in [4.78, 5) is 11.7. The molecule has 0 bridgehead atoms. The molecule has 1 saturated heterocycles. The minimum atomic E-state index is -3.28. The first kappa shape index (κ1) is 18.1. The first-order valence-corrected chi connectivity index (χ1v) is 10.9. The third-order valence-corrected chi connectivity index (χ3v) is 5.88. The molecule has 0 atom stereocenters. The lowest BCUT2D eigenvalue weighted by atomic mass is 10.3. The summed E-state index contributed by atoms with van der Waals surface area (Å²) in [6.07, 6.45) is 5.77. The number of anilines is 1. The van der Waals surface area contributed by atoms with Crippen LogP contribution in [0.25, 0.3) is 16.7 Å². The van der Waals surface area contributed by atoms with Gasteiger partial charge in [0.2, 0.25) is 0 Å². The zero-order chi connectivity index (χ0) is 18.9. The van der Waals surface area contributed by atoms with E-state index in [0.29, 0.717) is 11.3 Å². The summed E-state index contributed by atoms with van der Waals surface area (Å²) >= 11 is 0. The SMILES string of the molecule is CS(=O)(=O)c1ccc2c(c1)nc(NCCCN1CCOCC1)c1nccn12. The second-order valence-corrected chi connectivity index (χ2v) is 8.75. The number of hydrogen-bond donors (Lipinski definition) is 1. The maximum absolute atomic E-state index is 11.9. The van der Waals surface area contributed by atoms with Crippen molar-refractivity contribution in [2.45, 2.75) is 11.3 Å².